The van der Waals surface area contributed by atoms with E-state index in [-0.39, 0.29) is 23.3 Å². The van der Waals surface area contributed by atoms with Crippen molar-refractivity contribution in [3.8, 4) is 0 Å². The van der Waals surface area contributed by atoms with E-state index in [1.807, 2.05) is 0 Å². The van der Waals surface area contributed by atoms with E-state index in [9.17, 15) is 19.3 Å². The van der Waals surface area contributed by atoms with Crippen molar-refractivity contribution < 1.29 is 37.8 Å². The third-order valence-corrected chi connectivity index (χ3v) is 9.38. The molecule has 6 atom stereocenters. The standard InChI is InChI=1S/C24H38ClN6O8PS/c1-13(2)38-20(33)14(3)30-40(35,36-8-9-41-22(34)23(4,5)6)37-10-15-17(32)24(7,25)21(39-15)31-12-29-16-18(26)27-11-28-19(16)31/h11-15,17,21,32H,8-10H2,1-7H3,(H,30,35)(H2,26,27,28)/t14-,15-,17-,21-,24-,40+/m1/s1. The highest BCUT2D eigenvalue weighted by atomic mass is 35.5. The molecule has 0 saturated carbocycles. The topological polar surface area (TPSA) is 190 Å². The zero-order valence-electron chi connectivity index (χ0n) is 24.1. The molecule has 1 aliphatic rings. The number of hydrogen-bond acceptors (Lipinski definition) is 13. The van der Waals surface area contributed by atoms with Crippen molar-refractivity contribution >= 4 is 59.2 Å². The van der Waals surface area contributed by atoms with Crippen LogP contribution >= 0.6 is 31.1 Å². The van der Waals surface area contributed by atoms with Gasteiger partial charge < -0.3 is 20.3 Å². The number of rotatable bonds is 12. The molecule has 14 nitrogen and oxygen atoms in total. The number of nitrogens with zero attached hydrogens (tertiary/aromatic N) is 4. The molecule has 0 aliphatic carbocycles. The lowest BCUT2D eigenvalue weighted by atomic mass is 10.00. The predicted molar refractivity (Wildman–Crippen MR) is 154 cm³/mol. The molecule has 0 radical (unpaired) electrons. The first kappa shape index (κ1) is 33.7. The Labute approximate surface area is 248 Å². The van der Waals surface area contributed by atoms with Crippen molar-refractivity contribution in [2.24, 2.45) is 5.41 Å². The Kier molecular flexibility index (Phi) is 10.8. The number of fused-ring (bicyclic) bond motifs is 1. The molecular weight excluding hydrogens is 599 g/mol. The first-order valence-electron chi connectivity index (χ1n) is 13.0. The number of alkyl halides is 1. The van der Waals surface area contributed by atoms with Crippen molar-refractivity contribution in [2.45, 2.75) is 83.9 Å². The minimum atomic E-state index is -4.19. The van der Waals surface area contributed by atoms with Gasteiger partial charge in [0, 0.05) is 11.2 Å². The van der Waals surface area contributed by atoms with E-state index in [1.54, 1.807) is 41.5 Å². The molecule has 0 aromatic carbocycles. The Hall–Kier alpha value is -1.84. The lowest BCUT2D eigenvalue weighted by Gasteiger charge is -2.26. The van der Waals surface area contributed by atoms with Gasteiger partial charge in [0.2, 0.25) is 0 Å². The number of anilines is 1. The summed E-state index contributed by atoms with van der Waals surface area (Å²) in [6.07, 6.45) is -1.01. The fourth-order valence-corrected chi connectivity index (χ4v) is 6.49. The van der Waals surface area contributed by atoms with Gasteiger partial charge in [-0.1, -0.05) is 32.5 Å². The number of nitrogens with one attached hydrogen (secondary N) is 1. The summed E-state index contributed by atoms with van der Waals surface area (Å²) in [5.74, 6) is -0.303. The first-order valence-corrected chi connectivity index (χ1v) is 15.9. The first-order chi connectivity index (χ1) is 19.0. The van der Waals surface area contributed by atoms with Gasteiger partial charge in [0.1, 0.15) is 35.0 Å². The molecule has 3 heterocycles. The van der Waals surface area contributed by atoms with E-state index in [0.29, 0.717) is 11.2 Å². The summed E-state index contributed by atoms with van der Waals surface area (Å²) in [7, 11) is -4.19. The van der Waals surface area contributed by atoms with Crippen molar-refractivity contribution in [3.63, 3.8) is 0 Å². The summed E-state index contributed by atoms with van der Waals surface area (Å²) >= 11 is 7.77. The van der Waals surface area contributed by atoms with Crippen LogP contribution in [-0.4, -0.2) is 83.9 Å². The Balaban J connectivity index is 1.74. The number of nitrogen functional groups attached to an aromatic ring is 1. The van der Waals surface area contributed by atoms with Crippen LogP contribution in [0.5, 0.6) is 0 Å². The van der Waals surface area contributed by atoms with Crippen LogP contribution in [0.3, 0.4) is 0 Å². The van der Waals surface area contributed by atoms with Crippen molar-refractivity contribution in [2.75, 3.05) is 24.7 Å². The van der Waals surface area contributed by atoms with Gasteiger partial charge in [0.05, 0.1) is 25.6 Å². The Bertz CT molecular complexity index is 1290. The molecule has 41 heavy (non-hydrogen) atoms. The monoisotopic (exact) mass is 636 g/mol. The molecule has 3 rings (SSSR count). The predicted octanol–water partition coefficient (Wildman–Crippen LogP) is 3.04. The maximum atomic E-state index is 13.7. The molecule has 1 saturated heterocycles. The minimum absolute atomic E-state index is 0.0624. The molecule has 4 N–H and O–H groups in total. The Morgan fingerprint density at radius 2 is 1.98 bits per heavy atom. The highest BCUT2D eigenvalue weighted by Crippen LogP contribution is 2.48. The highest BCUT2D eigenvalue weighted by molar-refractivity contribution is 8.13. The third kappa shape index (κ3) is 8.17. The average molecular weight is 637 g/mol. The molecule has 2 aromatic heterocycles. The van der Waals surface area contributed by atoms with Crippen LogP contribution in [0.1, 0.15) is 54.7 Å². The molecule has 17 heteroatoms. The van der Waals surface area contributed by atoms with Crippen LogP contribution in [0.15, 0.2) is 12.7 Å². The van der Waals surface area contributed by atoms with E-state index < -0.39 is 61.2 Å². The fourth-order valence-electron chi connectivity index (χ4n) is 3.81. The second kappa shape index (κ2) is 13.2. The molecule has 0 amide bonds. The lowest BCUT2D eigenvalue weighted by Crippen LogP contribution is -2.40. The molecule has 0 spiro atoms. The van der Waals surface area contributed by atoms with Gasteiger partial charge in [-0.25, -0.2) is 24.6 Å². The maximum absolute atomic E-state index is 13.7. The second-order valence-corrected chi connectivity index (χ2v) is 14.7. The number of ether oxygens (including phenoxy) is 2. The summed E-state index contributed by atoms with van der Waals surface area (Å²) < 4.78 is 37.7. The summed E-state index contributed by atoms with van der Waals surface area (Å²) in [5, 5.41) is 13.5. The fraction of sp³-hybridized carbons (Fsp3) is 0.708. The van der Waals surface area contributed by atoms with Crippen LogP contribution < -0.4 is 10.8 Å². The van der Waals surface area contributed by atoms with Gasteiger partial charge in [-0.15, -0.1) is 11.6 Å². The van der Waals surface area contributed by atoms with Crippen molar-refractivity contribution in [3.05, 3.63) is 12.7 Å². The van der Waals surface area contributed by atoms with Crippen LogP contribution in [-0.2, 0) is 32.7 Å². The number of aliphatic hydroxyl groups excluding tert-OH is 1. The molecule has 0 bridgehead atoms. The van der Waals surface area contributed by atoms with Gasteiger partial charge in [-0.2, -0.15) is 0 Å². The highest BCUT2D eigenvalue weighted by Gasteiger charge is 2.54. The van der Waals surface area contributed by atoms with Gasteiger partial charge in [0.15, 0.2) is 22.8 Å². The number of aromatic nitrogens is 4. The molecule has 2 aromatic rings. The van der Waals surface area contributed by atoms with Gasteiger partial charge in [-0.3, -0.25) is 23.2 Å². The summed E-state index contributed by atoms with van der Waals surface area (Å²) in [4.78, 5) is 35.6. The van der Waals surface area contributed by atoms with Gasteiger partial charge >= 0.3 is 13.7 Å². The molecule has 0 unspecified atom stereocenters. The average Bonchev–Trinajstić information content (AvgIpc) is 3.38. The van der Waals surface area contributed by atoms with E-state index in [0.717, 1.165) is 11.8 Å². The van der Waals surface area contributed by atoms with Crippen LogP contribution in [0.2, 0.25) is 0 Å². The number of nitrogens with two attached hydrogens (primary N) is 1. The maximum Gasteiger partial charge on any atom is 0.406 e. The lowest BCUT2D eigenvalue weighted by molar-refractivity contribution is -0.149. The van der Waals surface area contributed by atoms with E-state index in [2.05, 4.69) is 20.0 Å². The number of halogens is 1. The summed E-state index contributed by atoms with van der Waals surface area (Å²) in [5.41, 5.74) is 6.01. The van der Waals surface area contributed by atoms with E-state index >= 15 is 0 Å². The van der Waals surface area contributed by atoms with Gasteiger partial charge in [-0.05, 0) is 27.7 Å². The van der Waals surface area contributed by atoms with Crippen LogP contribution in [0.4, 0.5) is 5.82 Å². The summed E-state index contributed by atoms with van der Waals surface area (Å²) in [6, 6.07) is -1.06. The second-order valence-electron chi connectivity index (χ2n) is 11.1. The SMILES string of the molecule is CC(C)OC(=O)[C@@H](C)N[P@](=O)(OCCSC(=O)C(C)(C)C)OC[C@H]1O[C@@H](n2cnc3c(N)ncnc32)[C@](C)(Cl)[C@@H]1O. The van der Waals surface area contributed by atoms with Crippen molar-refractivity contribution in [1.82, 2.24) is 24.6 Å². The number of esters is 1. The Morgan fingerprint density at radius 3 is 2.61 bits per heavy atom. The van der Waals surface area contributed by atoms with Gasteiger partial charge in [0.25, 0.3) is 0 Å². The van der Waals surface area contributed by atoms with E-state index in [4.69, 9.17) is 35.9 Å². The molecule has 1 fully saturated rings. The number of imidazole rings is 1. The molecule has 230 valence electrons. The number of aliphatic hydroxyl groups is 1. The number of carbonyl (C=O) groups is 2. The van der Waals surface area contributed by atoms with Crippen molar-refractivity contribution in [1.29, 1.82) is 0 Å². The molecular formula is C24H38ClN6O8PS. The number of thioether (sulfide) groups is 1. The van der Waals surface area contributed by atoms with Crippen LogP contribution in [0.25, 0.3) is 11.2 Å². The normalized spacial score (nSPS) is 25.4. The molecule has 1 aliphatic heterocycles. The quantitative estimate of drug-likeness (QED) is 0.133. The minimum Gasteiger partial charge on any atom is -0.462 e. The third-order valence-electron chi connectivity index (χ3n) is 6.01. The summed E-state index contributed by atoms with van der Waals surface area (Å²) in [6.45, 7) is 11.2. The zero-order valence-corrected chi connectivity index (χ0v) is 26.5. The zero-order chi connectivity index (χ0) is 30.8. The van der Waals surface area contributed by atoms with E-state index in [1.165, 1.54) is 24.1 Å². The Morgan fingerprint density at radius 1 is 1.29 bits per heavy atom. The van der Waals surface area contributed by atoms with Crippen LogP contribution in [0, 0.1) is 5.41 Å². The smallest absolute Gasteiger partial charge is 0.406 e. The largest absolute Gasteiger partial charge is 0.462 e. The number of carbonyl (C=O) groups excluding carboxylic acids is 2. The number of hydrogen-bond donors (Lipinski definition) is 3.